The maximum Gasteiger partial charge on any atom is 0.269 e. The second kappa shape index (κ2) is 6.34. The van der Waals surface area contributed by atoms with Crippen LogP contribution in [0.2, 0.25) is 0 Å². The van der Waals surface area contributed by atoms with Crippen molar-refractivity contribution in [3.05, 3.63) is 34.4 Å². The summed E-state index contributed by atoms with van der Waals surface area (Å²) in [6.45, 7) is 1.19. The topological polar surface area (TPSA) is 84.3 Å². The number of carbonyl (C=O) groups is 1. The summed E-state index contributed by atoms with van der Waals surface area (Å²) in [5.74, 6) is 1.79. The minimum absolute atomic E-state index is 0.0788. The van der Waals surface area contributed by atoms with Gasteiger partial charge in [-0.15, -0.1) is 0 Å². The Hall–Kier alpha value is -2.11. The summed E-state index contributed by atoms with van der Waals surface area (Å²) in [7, 11) is 0. The molecule has 2 N–H and O–H groups in total. The smallest absolute Gasteiger partial charge is 0.269 e. The summed E-state index contributed by atoms with van der Waals surface area (Å²) in [6.07, 6.45) is 4.81. The van der Waals surface area contributed by atoms with Gasteiger partial charge in [-0.2, -0.15) is 0 Å². The third-order valence-corrected chi connectivity index (χ3v) is 4.91. The molecular weight excluding hydrogens is 282 g/mol. The molecule has 0 spiro atoms. The maximum atomic E-state index is 12.2. The lowest BCUT2D eigenvalue weighted by atomic mass is 9.88. The first-order valence-corrected chi connectivity index (χ1v) is 7.89. The van der Waals surface area contributed by atoms with E-state index in [9.17, 15) is 14.9 Å². The van der Waals surface area contributed by atoms with Crippen LogP contribution < -0.4 is 10.6 Å². The van der Waals surface area contributed by atoms with Gasteiger partial charge in [0.25, 0.3) is 5.69 Å². The summed E-state index contributed by atoms with van der Waals surface area (Å²) < 4.78 is 0. The molecule has 118 valence electrons. The second-order valence-corrected chi connectivity index (χ2v) is 6.30. The molecule has 6 heteroatoms. The Balaban J connectivity index is 1.38. The Morgan fingerprint density at radius 1 is 1.18 bits per heavy atom. The van der Waals surface area contributed by atoms with Crippen LogP contribution in [-0.2, 0) is 4.79 Å². The van der Waals surface area contributed by atoms with Crippen LogP contribution in [0.4, 0.5) is 11.4 Å². The maximum absolute atomic E-state index is 12.2. The molecule has 0 aliphatic heterocycles. The van der Waals surface area contributed by atoms with Crippen molar-refractivity contribution >= 4 is 17.3 Å². The number of fused-ring (bicyclic) bond motifs is 2. The molecule has 2 fully saturated rings. The molecule has 1 amide bonds. The fourth-order valence-electron chi connectivity index (χ4n) is 3.79. The van der Waals surface area contributed by atoms with E-state index in [1.807, 2.05) is 0 Å². The first-order valence-electron chi connectivity index (χ1n) is 7.89. The number of hydrogen-bond donors (Lipinski definition) is 2. The summed E-state index contributed by atoms with van der Waals surface area (Å²) in [6, 6.07) is 6.29. The lowest BCUT2D eigenvalue weighted by molar-refractivity contribution is -0.384. The van der Waals surface area contributed by atoms with E-state index in [4.69, 9.17) is 0 Å². The standard InChI is InChI=1S/C16H21N3O3/c20-16(15-10-11-1-2-12(15)9-11)18-8-7-17-13-3-5-14(6-4-13)19(21)22/h3-6,11-12,15,17H,1-2,7-10H2,(H,18,20). The third kappa shape index (κ3) is 3.21. The Morgan fingerprint density at radius 3 is 2.55 bits per heavy atom. The van der Waals surface area contributed by atoms with Crippen LogP contribution in [0.1, 0.15) is 25.7 Å². The number of carbonyl (C=O) groups excluding carboxylic acids is 1. The van der Waals surface area contributed by atoms with E-state index < -0.39 is 4.92 Å². The lowest BCUT2D eigenvalue weighted by Gasteiger charge is -2.20. The number of amides is 1. The average Bonchev–Trinajstić information content (AvgIpc) is 3.14. The van der Waals surface area contributed by atoms with Gasteiger partial charge in [0.1, 0.15) is 0 Å². The van der Waals surface area contributed by atoms with Crippen molar-refractivity contribution in [1.29, 1.82) is 0 Å². The molecule has 0 saturated heterocycles. The van der Waals surface area contributed by atoms with Gasteiger partial charge < -0.3 is 10.6 Å². The number of benzene rings is 1. The molecule has 6 nitrogen and oxygen atoms in total. The molecule has 0 heterocycles. The highest BCUT2D eigenvalue weighted by molar-refractivity contribution is 5.79. The summed E-state index contributed by atoms with van der Waals surface area (Å²) in [4.78, 5) is 22.3. The minimum Gasteiger partial charge on any atom is -0.383 e. The molecule has 0 aromatic heterocycles. The number of nitro groups is 1. The molecule has 1 aromatic carbocycles. The first-order chi connectivity index (χ1) is 10.6. The summed E-state index contributed by atoms with van der Waals surface area (Å²) >= 11 is 0. The Morgan fingerprint density at radius 2 is 1.95 bits per heavy atom. The number of nitrogens with one attached hydrogen (secondary N) is 2. The van der Waals surface area contributed by atoms with Gasteiger partial charge in [0.05, 0.1) is 4.92 Å². The van der Waals surface area contributed by atoms with E-state index >= 15 is 0 Å². The number of hydrogen-bond acceptors (Lipinski definition) is 4. The average molecular weight is 303 g/mol. The molecule has 2 aliphatic carbocycles. The van der Waals surface area contributed by atoms with Crippen molar-refractivity contribution in [2.75, 3.05) is 18.4 Å². The van der Waals surface area contributed by atoms with Crippen LogP contribution in [0.15, 0.2) is 24.3 Å². The molecule has 3 rings (SSSR count). The van der Waals surface area contributed by atoms with Gasteiger partial charge in [0.2, 0.25) is 5.91 Å². The monoisotopic (exact) mass is 303 g/mol. The minimum atomic E-state index is -0.417. The Bertz CT molecular complexity index is 558. The fourth-order valence-corrected chi connectivity index (χ4v) is 3.79. The Kier molecular flexibility index (Phi) is 4.27. The van der Waals surface area contributed by atoms with Gasteiger partial charge in [-0.25, -0.2) is 0 Å². The molecule has 22 heavy (non-hydrogen) atoms. The number of nitro benzene ring substituents is 1. The number of non-ortho nitro benzene ring substituents is 1. The highest BCUT2D eigenvalue weighted by Gasteiger charge is 2.42. The SMILES string of the molecule is O=C(NCCNc1ccc([N+](=O)[O-])cc1)C1CC2CCC1C2. The first kappa shape index (κ1) is 14.8. The van der Waals surface area contributed by atoms with Gasteiger partial charge in [-0.05, 0) is 43.2 Å². The largest absolute Gasteiger partial charge is 0.383 e. The molecule has 0 radical (unpaired) electrons. The fraction of sp³-hybridized carbons (Fsp3) is 0.562. The van der Waals surface area contributed by atoms with Crippen LogP contribution in [0.3, 0.4) is 0 Å². The van der Waals surface area contributed by atoms with Gasteiger partial charge in [-0.3, -0.25) is 14.9 Å². The van der Waals surface area contributed by atoms with Crippen molar-refractivity contribution in [2.24, 2.45) is 17.8 Å². The highest BCUT2D eigenvalue weighted by Crippen LogP contribution is 2.48. The van der Waals surface area contributed by atoms with Crippen LogP contribution >= 0.6 is 0 Å². The van der Waals surface area contributed by atoms with Crippen molar-refractivity contribution in [3.63, 3.8) is 0 Å². The van der Waals surface area contributed by atoms with Gasteiger partial charge in [0.15, 0.2) is 0 Å². The molecule has 3 atom stereocenters. The molecule has 2 bridgehead atoms. The van der Waals surface area contributed by atoms with Gasteiger partial charge in [0, 0.05) is 36.8 Å². The van der Waals surface area contributed by atoms with Crippen molar-refractivity contribution in [3.8, 4) is 0 Å². The molecule has 1 aromatic rings. The molecule has 2 saturated carbocycles. The zero-order chi connectivity index (χ0) is 15.5. The van der Waals surface area contributed by atoms with Crippen molar-refractivity contribution < 1.29 is 9.72 Å². The Labute approximate surface area is 129 Å². The van der Waals surface area contributed by atoms with Crippen LogP contribution in [0.5, 0.6) is 0 Å². The van der Waals surface area contributed by atoms with Crippen molar-refractivity contribution in [2.45, 2.75) is 25.7 Å². The van der Waals surface area contributed by atoms with E-state index in [1.165, 1.54) is 31.4 Å². The molecular formula is C16H21N3O3. The third-order valence-electron chi connectivity index (χ3n) is 4.91. The second-order valence-electron chi connectivity index (χ2n) is 6.30. The van der Waals surface area contributed by atoms with Crippen LogP contribution in [0, 0.1) is 27.9 Å². The summed E-state index contributed by atoms with van der Waals surface area (Å²) in [5.41, 5.74) is 0.898. The van der Waals surface area contributed by atoms with Gasteiger partial charge in [-0.1, -0.05) is 6.42 Å². The number of rotatable bonds is 6. The zero-order valence-electron chi connectivity index (χ0n) is 12.5. The molecule has 3 unspecified atom stereocenters. The van der Waals surface area contributed by atoms with Gasteiger partial charge >= 0.3 is 0 Å². The summed E-state index contributed by atoms with van der Waals surface area (Å²) in [5, 5.41) is 16.7. The van der Waals surface area contributed by atoms with Crippen LogP contribution in [0.25, 0.3) is 0 Å². The number of anilines is 1. The van der Waals surface area contributed by atoms with E-state index in [0.29, 0.717) is 19.0 Å². The quantitative estimate of drug-likeness (QED) is 0.480. The number of nitrogens with zero attached hydrogens (tertiary/aromatic N) is 1. The van der Waals surface area contributed by atoms with E-state index in [-0.39, 0.29) is 17.5 Å². The highest BCUT2D eigenvalue weighted by atomic mass is 16.6. The van der Waals surface area contributed by atoms with Crippen LogP contribution in [-0.4, -0.2) is 23.9 Å². The van der Waals surface area contributed by atoms with Crippen molar-refractivity contribution in [1.82, 2.24) is 5.32 Å². The predicted octanol–water partition coefficient (Wildman–Crippen LogP) is 2.56. The van der Waals surface area contributed by atoms with E-state index in [2.05, 4.69) is 10.6 Å². The molecule has 2 aliphatic rings. The normalized spacial score (nSPS) is 25.9. The lowest BCUT2D eigenvalue weighted by Crippen LogP contribution is -2.36. The predicted molar refractivity (Wildman–Crippen MR) is 83.5 cm³/mol. The van der Waals surface area contributed by atoms with E-state index in [0.717, 1.165) is 18.0 Å². The zero-order valence-corrected chi connectivity index (χ0v) is 12.5. The van der Waals surface area contributed by atoms with E-state index in [1.54, 1.807) is 12.1 Å².